The standard InChI is InChI=1S/C15H13N5O3/c16-7-9-3-4-19-13(5-9)12(17)8-20(18)10-1-2-11(15(22)23)14(21)6-10/h1-6,8,21H,17-18H2,(H,22,23)/b12-8-. The number of nitrogens with zero attached hydrogens (tertiary/aromatic N) is 3. The molecule has 1 heterocycles. The van der Waals surface area contributed by atoms with Crippen molar-refractivity contribution in [3.8, 4) is 11.8 Å². The topological polar surface area (TPSA) is 149 Å². The first-order chi connectivity index (χ1) is 10.9. The molecule has 0 bridgehead atoms. The summed E-state index contributed by atoms with van der Waals surface area (Å²) in [6, 6.07) is 8.87. The van der Waals surface area contributed by atoms with E-state index in [0.29, 0.717) is 16.9 Å². The fourth-order valence-electron chi connectivity index (χ4n) is 1.81. The summed E-state index contributed by atoms with van der Waals surface area (Å²) >= 11 is 0. The first-order valence-electron chi connectivity index (χ1n) is 6.36. The van der Waals surface area contributed by atoms with Gasteiger partial charge in [-0.3, -0.25) is 9.99 Å². The Bertz CT molecular complexity index is 826. The summed E-state index contributed by atoms with van der Waals surface area (Å²) in [5.74, 6) is 4.16. The third kappa shape index (κ3) is 3.55. The molecule has 0 saturated heterocycles. The molecule has 0 aliphatic heterocycles. The number of nitrogens with two attached hydrogens (primary N) is 2. The molecule has 116 valence electrons. The molecule has 1 aromatic heterocycles. The van der Waals surface area contributed by atoms with Gasteiger partial charge in [0.15, 0.2) is 0 Å². The fraction of sp³-hybridized carbons (Fsp3) is 0. The molecule has 8 nitrogen and oxygen atoms in total. The van der Waals surface area contributed by atoms with Crippen molar-refractivity contribution in [3.63, 3.8) is 0 Å². The second-order valence-electron chi connectivity index (χ2n) is 4.54. The van der Waals surface area contributed by atoms with Gasteiger partial charge < -0.3 is 15.9 Å². The zero-order valence-corrected chi connectivity index (χ0v) is 11.8. The third-order valence-electron chi connectivity index (χ3n) is 2.97. The van der Waals surface area contributed by atoms with Crippen LogP contribution in [-0.2, 0) is 0 Å². The number of hydrogen-bond donors (Lipinski definition) is 4. The van der Waals surface area contributed by atoms with Crippen LogP contribution in [-0.4, -0.2) is 21.2 Å². The molecule has 0 aliphatic rings. The Balaban J connectivity index is 2.29. The molecule has 1 aromatic carbocycles. The van der Waals surface area contributed by atoms with E-state index in [1.54, 1.807) is 6.07 Å². The summed E-state index contributed by atoms with van der Waals surface area (Å²) in [4.78, 5) is 14.9. The molecule has 8 heteroatoms. The summed E-state index contributed by atoms with van der Waals surface area (Å²) in [6.07, 6.45) is 2.79. The van der Waals surface area contributed by atoms with Crippen molar-refractivity contribution in [1.29, 1.82) is 5.26 Å². The lowest BCUT2D eigenvalue weighted by Gasteiger charge is -2.16. The Labute approximate surface area is 131 Å². The van der Waals surface area contributed by atoms with Crippen LogP contribution in [0, 0.1) is 11.3 Å². The summed E-state index contributed by atoms with van der Waals surface area (Å²) in [5.41, 5.74) is 6.94. The summed E-state index contributed by atoms with van der Waals surface area (Å²) in [7, 11) is 0. The summed E-state index contributed by atoms with van der Waals surface area (Å²) < 4.78 is 0. The van der Waals surface area contributed by atoms with E-state index in [4.69, 9.17) is 21.9 Å². The Kier molecular flexibility index (Phi) is 4.44. The molecule has 0 unspecified atom stereocenters. The highest BCUT2D eigenvalue weighted by Crippen LogP contribution is 2.24. The molecule has 0 amide bonds. The number of aromatic nitrogens is 1. The predicted octanol–water partition coefficient (Wildman–Crippen LogP) is 0.994. The van der Waals surface area contributed by atoms with E-state index in [9.17, 15) is 9.90 Å². The number of aromatic carboxylic acids is 1. The van der Waals surface area contributed by atoms with Gasteiger partial charge in [0.25, 0.3) is 0 Å². The number of pyridine rings is 1. The SMILES string of the molecule is N#Cc1ccnc(/C(N)=C/N(N)c2ccc(C(=O)O)c(O)c2)c1. The van der Waals surface area contributed by atoms with Crippen LogP contribution in [0.3, 0.4) is 0 Å². The van der Waals surface area contributed by atoms with Gasteiger partial charge in [-0.1, -0.05) is 0 Å². The zero-order chi connectivity index (χ0) is 17.0. The minimum absolute atomic E-state index is 0.200. The van der Waals surface area contributed by atoms with Crippen LogP contribution in [0.5, 0.6) is 5.75 Å². The molecule has 23 heavy (non-hydrogen) atoms. The molecule has 0 radical (unpaired) electrons. The van der Waals surface area contributed by atoms with Crippen LogP contribution < -0.4 is 16.6 Å². The van der Waals surface area contributed by atoms with Gasteiger partial charge in [-0.2, -0.15) is 5.26 Å². The van der Waals surface area contributed by atoms with Gasteiger partial charge >= 0.3 is 5.97 Å². The molecule has 0 saturated carbocycles. The highest BCUT2D eigenvalue weighted by atomic mass is 16.4. The lowest BCUT2D eigenvalue weighted by Crippen LogP contribution is -2.25. The molecule has 0 spiro atoms. The number of carboxylic acid groups (broad SMARTS) is 1. The van der Waals surface area contributed by atoms with Crippen LogP contribution in [0.15, 0.2) is 42.7 Å². The number of rotatable bonds is 4. The van der Waals surface area contributed by atoms with Crippen molar-refractivity contribution in [3.05, 3.63) is 59.5 Å². The van der Waals surface area contributed by atoms with Gasteiger partial charge in [0.05, 0.1) is 28.7 Å². The van der Waals surface area contributed by atoms with Gasteiger partial charge in [0.1, 0.15) is 11.3 Å². The van der Waals surface area contributed by atoms with Gasteiger partial charge in [0.2, 0.25) is 0 Å². The maximum atomic E-state index is 10.9. The molecule has 2 rings (SSSR count). The lowest BCUT2D eigenvalue weighted by atomic mass is 10.2. The molecule has 0 aliphatic carbocycles. The monoisotopic (exact) mass is 311 g/mol. The van der Waals surface area contributed by atoms with E-state index in [1.807, 2.05) is 6.07 Å². The molecule has 2 aromatic rings. The van der Waals surface area contributed by atoms with Crippen LogP contribution >= 0.6 is 0 Å². The molecular weight excluding hydrogens is 298 g/mol. The van der Waals surface area contributed by atoms with Crippen LogP contribution in [0.4, 0.5) is 5.69 Å². The second-order valence-corrected chi connectivity index (χ2v) is 4.54. The van der Waals surface area contributed by atoms with E-state index < -0.39 is 11.7 Å². The second kappa shape index (κ2) is 6.46. The van der Waals surface area contributed by atoms with Gasteiger partial charge in [-0.15, -0.1) is 0 Å². The number of hydrazine groups is 1. The lowest BCUT2D eigenvalue weighted by molar-refractivity contribution is 0.0694. The number of hydrogen-bond acceptors (Lipinski definition) is 7. The highest BCUT2D eigenvalue weighted by Gasteiger charge is 2.11. The van der Waals surface area contributed by atoms with E-state index in [1.165, 1.54) is 36.7 Å². The minimum atomic E-state index is -1.25. The average Bonchev–Trinajstić information content (AvgIpc) is 2.54. The third-order valence-corrected chi connectivity index (χ3v) is 2.97. The van der Waals surface area contributed by atoms with Gasteiger partial charge in [-0.25, -0.2) is 10.6 Å². The molecule has 0 atom stereocenters. The number of aromatic hydroxyl groups is 1. The number of carboxylic acids is 1. The van der Waals surface area contributed by atoms with Crippen molar-refractivity contribution in [2.45, 2.75) is 0 Å². The van der Waals surface area contributed by atoms with Crippen LogP contribution in [0.25, 0.3) is 5.70 Å². The Hall–Kier alpha value is -3.57. The minimum Gasteiger partial charge on any atom is -0.507 e. The van der Waals surface area contributed by atoms with Crippen molar-refractivity contribution >= 4 is 17.4 Å². The Morgan fingerprint density at radius 2 is 2.09 bits per heavy atom. The van der Waals surface area contributed by atoms with E-state index >= 15 is 0 Å². The largest absolute Gasteiger partial charge is 0.507 e. The van der Waals surface area contributed by atoms with Gasteiger partial charge in [-0.05, 0) is 24.3 Å². The number of benzene rings is 1. The smallest absolute Gasteiger partial charge is 0.339 e. The maximum absolute atomic E-state index is 10.9. The zero-order valence-electron chi connectivity index (χ0n) is 11.8. The van der Waals surface area contributed by atoms with Crippen molar-refractivity contribution < 1.29 is 15.0 Å². The number of nitriles is 1. The van der Waals surface area contributed by atoms with Crippen LogP contribution in [0.2, 0.25) is 0 Å². The Morgan fingerprint density at radius 1 is 1.35 bits per heavy atom. The number of phenols is 1. The van der Waals surface area contributed by atoms with Crippen LogP contribution in [0.1, 0.15) is 21.6 Å². The molecule has 0 fully saturated rings. The Morgan fingerprint density at radius 3 is 2.70 bits per heavy atom. The van der Waals surface area contributed by atoms with Crippen molar-refractivity contribution in [2.75, 3.05) is 5.01 Å². The first kappa shape index (κ1) is 15.8. The van der Waals surface area contributed by atoms with Crippen molar-refractivity contribution in [1.82, 2.24) is 4.98 Å². The normalized spacial score (nSPS) is 10.9. The number of carbonyl (C=O) groups is 1. The van der Waals surface area contributed by atoms with E-state index in [-0.39, 0.29) is 11.3 Å². The maximum Gasteiger partial charge on any atom is 0.339 e. The summed E-state index contributed by atoms with van der Waals surface area (Å²) in [5, 5.41) is 28.5. The van der Waals surface area contributed by atoms with E-state index in [2.05, 4.69) is 4.98 Å². The fourth-order valence-corrected chi connectivity index (χ4v) is 1.81. The highest BCUT2D eigenvalue weighted by molar-refractivity contribution is 5.91. The van der Waals surface area contributed by atoms with Gasteiger partial charge in [0, 0.05) is 18.5 Å². The predicted molar refractivity (Wildman–Crippen MR) is 82.8 cm³/mol. The van der Waals surface area contributed by atoms with E-state index in [0.717, 1.165) is 5.01 Å². The molecule has 6 N–H and O–H groups in total. The number of anilines is 1. The average molecular weight is 311 g/mol. The summed E-state index contributed by atoms with van der Waals surface area (Å²) in [6.45, 7) is 0. The van der Waals surface area contributed by atoms with Crippen molar-refractivity contribution in [2.24, 2.45) is 11.6 Å². The molecular formula is C15H13N5O3. The first-order valence-corrected chi connectivity index (χ1v) is 6.36. The quantitative estimate of drug-likeness (QED) is 0.482.